The Morgan fingerprint density at radius 2 is 1.72 bits per heavy atom. The normalized spacial score (nSPS) is 12.7. The summed E-state index contributed by atoms with van der Waals surface area (Å²) in [5.74, 6) is 0.380. The van der Waals surface area contributed by atoms with Crippen molar-refractivity contribution in [2.24, 2.45) is 10.9 Å². The number of hydrogen-bond donors (Lipinski definition) is 2. The Kier molecular flexibility index (Phi) is 6.57. The fourth-order valence-electron chi connectivity index (χ4n) is 2.38. The van der Waals surface area contributed by atoms with E-state index in [0.29, 0.717) is 18.2 Å². The highest BCUT2D eigenvalue weighted by atomic mass is 16.6. The molecule has 25 heavy (non-hydrogen) atoms. The van der Waals surface area contributed by atoms with E-state index >= 15 is 0 Å². The molecule has 1 atom stereocenters. The largest absolute Gasteiger partial charge is 0.384 e. The van der Waals surface area contributed by atoms with Gasteiger partial charge in [0.2, 0.25) is 6.10 Å². The quantitative estimate of drug-likeness (QED) is 0.459. The second-order valence-corrected chi connectivity index (χ2v) is 6.22. The van der Waals surface area contributed by atoms with E-state index < -0.39 is 6.10 Å². The van der Waals surface area contributed by atoms with Crippen LogP contribution in [0, 0.1) is 0 Å². The van der Waals surface area contributed by atoms with Gasteiger partial charge in [-0.15, -0.1) is 0 Å². The van der Waals surface area contributed by atoms with Crippen molar-refractivity contribution in [2.45, 2.75) is 39.2 Å². The van der Waals surface area contributed by atoms with Gasteiger partial charge in [-0.3, -0.25) is 4.79 Å². The van der Waals surface area contributed by atoms with Crippen molar-refractivity contribution in [2.75, 3.05) is 5.32 Å². The second kappa shape index (κ2) is 8.87. The van der Waals surface area contributed by atoms with Gasteiger partial charge in [0.25, 0.3) is 5.91 Å². The van der Waals surface area contributed by atoms with E-state index in [0.717, 1.165) is 16.8 Å². The first-order chi connectivity index (χ1) is 12.0. The first-order valence-electron chi connectivity index (χ1n) is 8.39. The number of rotatable bonds is 7. The van der Waals surface area contributed by atoms with Crippen LogP contribution in [-0.2, 0) is 16.1 Å². The topological polar surface area (TPSA) is 76.7 Å². The van der Waals surface area contributed by atoms with Gasteiger partial charge in [-0.2, -0.15) is 0 Å². The molecule has 0 saturated heterocycles. The number of hydrogen-bond acceptors (Lipinski definition) is 3. The number of nitrogens with two attached hydrogens (primary N) is 1. The summed E-state index contributed by atoms with van der Waals surface area (Å²) in [7, 11) is 0. The molecular weight excluding hydrogens is 314 g/mol. The highest BCUT2D eigenvalue weighted by molar-refractivity contribution is 5.94. The van der Waals surface area contributed by atoms with Crippen molar-refractivity contribution in [3.8, 4) is 0 Å². The Morgan fingerprint density at radius 3 is 2.40 bits per heavy atom. The lowest BCUT2D eigenvalue weighted by molar-refractivity contribution is -0.126. The van der Waals surface area contributed by atoms with Crippen molar-refractivity contribution in [3.05, 3.63) is 65.7 Å². The zero-order valence-corrected chi connectivity index (χ0v) is 14.9. The summed E-state index contributed by atoms with van der Waals surface area (Å²) in [6.07, 6.45) is -0.264. The first-order valence-corrected chi connectivity index (χ1v) is 8.39. The van der Waals surface area contributed by atoms with E-state index in [2.05, 4.69) is 24.3 Å². The van der Waals surface area contributed by atoms with E-state index in [1.165, 1.54) is 0 Å². The lowest BCUT2D eigenvalue weighted by Crippen LogP contribution is -2.28. The first kappa shape index (κ1) is 18.5. The Labute approximate surface area is 148 Å². The molecule has 2 aromatic rings. The predicted octanol–water partition coefficient (Wildman–Crippen LogP) is 3.67. The van der Waals surface area contributed by atoms with Crippen LogP contribution in [0.1, 0.15) is 37.8 Å². The second-order valence-electron chi connectivity index (χ2n) is 6.22. The molecule has 1 amide bonds. The minimum Gasteiger partial charge on any atom is -0.384 e. The zero-order valence-electron chi connectivity index (χ0n) is 14.9. The molecule has 0 radical (unpaired) electrons. The lowest BCUT2D eigenvalue weighted by atomic mass is 10.0. The van der Waals surface area contributed by atoms with Crippen LogP contribution in [0.2, 0.25) is 0 Å². The summed E-state index contributed by atoms with van der Waals surface area (Å²) in [5.41, 5.74) is 8.77. The molecule has 0 aliphatic carbocycles. The number of oxime groups is 1. The Balaban J connectivity index is 1.93. The van der Waals surface area contributed by atoms with Crippen molar-refractivity contribution < 1.29 is 9.63 Å². The van der Waals surface area contributed by atoms with Crippen LogP contribution >= 0.6 is 0 Å². The average Bonchev–Trinajstić information content (AvgIpc) is 2.60. The Hall–Kier alpha value is -2.82. The van der Waals surface area contributed by atoms with Gasteiger partial charge < -0.3 is 15.9 Å². The molecule has 5 nitrogen and oxygen atoms in total. The van der Waals surface area contributed by atoms with E-state index in [-0.39, 0.29) is 5.91 Å². The minimum absolute atomic E-state index is 0.260. The highest BCUT2D eigenvalue weighted by Crippen LogP contribution is 2.23. The molecular formula is C20H25N3O2. The van der Waals surface area contributed by atoms with Crippen molar-refractivity contribution in [3.63, 3.8) is 0 Å². The number of amides is 1. The molecule has 0 heterocycles. The third-order valence-electron chi connectivity index (χ3n) is 3.77. The summed E-state index contributed by atoms with van der Waals surface area (Å²) in [6, 6.07) is 17.5. The van der Waals surface area contributed by atoms with Gasteiger partial charge in [-0.25, -0.2) is 0 Å². The number of nitrogens with zero attached hydrogens (tertiary/aromatic N) is 1. The van der Waals surface area contributed by atoms with E-state index in [1.807, 2.05) is 54.6 Å². The molecule has 132 valence electrons. The molecule has 0 aromatic heterocycles. The summed E-state index contributed by atoms with van der Waals surface area (Å²) in [4.78, 5) is 17.6. The molecule has 1 unspecified atom stereocenters. The van der Waals surface area contributed by atoms with Gasteiger partial charge in [-0.1, -0.05) is 67.5 Å². The Bertz CT molecular complexity index is 727. The summed E-state index contributed by atoms with van der Waals surface area (Å²) in [6.45, 7) is 5.81. The van der Waals surface area contributed by atoms with Crippen LogP contribution in [0.3, 0.4) is 0 Å². The van der Waals surface area contributed by atoms with Crippen LogP contribution in [0.25, 0.3) is 0 Å². The summed E-state index contributed by atoms with van der Waals surface area (Å²) >= 11 is 0. The number of anilines is 1. The van der Waals surface area contributed by atoms with Crippen molar-refractivity contribution in [1.82, 2.24) is 0 Å². The zero-order chi connectivity index (χ0) is 18.2. The monoisotopic (exact) mass is 339 g/mol. The predicted molar refractivity (Wildman–Crippen MR) is 101 cm³/mol. The Morgan fingerprint density at radius 1 is 1.08 bits per heavy atom. The van der Waals surface area contributed by atoms with E-state index in [9.17, 15) is 4.79 Å². The van der Waals surface area contributed by atoms with E-state index in [4.69, 9.17) is 10.6 Å². The van der Waals surface area contributed by atoms with Crippen LogP contribution in [0.5, 0.6) is 0 Å². The summed E-state index contributed by atoms with van der Waals surface area (Å²) < 4.78 is 0. The van der Waals surface area contributed by atoms with Crippen LogP contribution in [0.15, 0.2) is 59.8 Å². The number of carbonyl (C=O) groups is 1. The third kappa shape index (κ3) is 5.64. The van der Waals surface area contributed by atoms with Gasteiger partial charge in [0.15, 0.2) is 0 Å². The average molecular weight is 339 g/mol. The molecule has 2 rings (SSSR count). The molecule has 0 bridgehead atoms. The smallest absolute Gasteiger partial charge is 0.267 e. The molecule has 3 N–H and O–H groups in total. The maximum absolute atomic E-state index is 12.3. The number of benzene rings is 2. The molecule has 2 aromatic carbocycles. The molecule has 5 heteroatoms. The molecule has 0 fully saturated rings. The van der Waals surface area contributed by atoms with E-state index in [1.54, 1.807) is 6.92 Å². The number of amidine groups is 1. The maximum Gasteiger partial charge on any atom is 0.267 e. The fraction of sp³-hybridized carbons (Fsp3) is 0.300. The van der Waals surface area contributed by atoms with Gasteiger partial charge in [0.05, 0.1) is 0 Å². The summed E-state index contributed by atoms with van der Waals surface area (Å²) in [5, 5.41) is 6.76. The number of nitrogens with one attached hydrogen (secondary N) is 1. The molecule has 0 saturated carbocycles. The van der Waals surface area contributed by atoms with Crippen molar-refractivity contribution in [1.29, 1.82) is 0 Å². The van der Waals surface area contributed by atoms with Crippen LogP contribution in [0.4, 0.5) is 5.69 Å². The van der Waals surface area contributed by atoms with Gasteiger partial charge in [0.1, 0.15) is 5.84 Å². The van der Waals surface area contributed by atoms with Gasteiger partial charge in [-0.05, 0) is 30.0 Å². The van der Waals surface area contributed by atoms with Crippen LogP contribution in [-0.4, -0.2) is 17.8 Å². The third-order valence-corrected chi connectivity index (χ3v) is 3.77. The van der Waals surface area contributed by atoms with Crippen molar-refractivity contribution >= 4 is 17.4 Å². The van der Waals surface area contributed by atoms with Gasteiger partial charge in [0, 0.05) is 12.1 Å². The molecule has 0 aliphatic rings. The molecule has 0 spiro atoms. The lowest BCUT2D eigenvalue weighted by Gasteiger charge is -2.15. The highest BCUT2D eigenvalue weighted by Gasteiger charge is 2.16. The minimum atomic E-state index is -0.741. The van der Waals surface area contributed by atoms with Crippen LogP contribution < -0.4 is 11.1 Å². The van der Waals surface area contributed by atoms with Gasteiger partial charge >= 0.3 is 0 Å². The fourth-order valence-corrected chi connectivity index (χ4v) is 2.38. The SMILES string of the molecule is CC(O/N=C(/N)Cc1ccccc1)C(=O)Nc1ccccc1C(C)C. The number of para-hydroxylation sites is 1. The molecule has 0 aliphatic heterocycles. The number of carbonyl (C=O) groups excluding carboxylic acids is 1. The standard InChI is InChI=1S/C20H25N3O2/c1-14(2)17-11-7-8-12-18(17)22-20(24)15(3)25-23-19(21)13-16-9-5-4-6-10-16/h4-12,14-15H,13H2,1-3H3,(H2,21,23)(H,22,24). The maximum atomic E-state index is 12.3.